The van der Waals surface area contributed by atoms with Crippen LogP contribution in [0.2, 0.25) is 0 Å². The van der Waals surface area contributed by atoms with E-state index in [0.717, 1.165) is 16.7 Å². The van der Waals surface area contributed by atoms with Crippen molar-refractivity contribution < 1.29 is 23.1 Å². The van der Waals surface area contributed by atoms with Gasteiger partial charge in [0.25, 0.3) is 11.8 Å². The Morgan fingerprint density at radius 2 is 1.57 bits per heavy atom. The van der Waals surface area contributed by atoms with Crippen molar-refractivity contribution in [3.8, 4) is 16.9 Å². The topological polar surface area (TPSA) is 113 Å². The van der Waals surface area contributed by atoms with Crippen LogP contribution in [-0.4, -0.2) is 25.3 Å². The molecule has 1 aliphatic rings. The summed E-state index contributed by atoms with van der Waals surface area (Å²) in [4.78, 5) is 25.3. The lowest BCUT2D eigenvalue weighted by atomic mass is 10.0. The zero-order valence-electron chi connectivity index (χ0n) is 18.4. The second-order valence-electron chi connectivity index (χ2n) is 8.10. The Balaban J connectivity index is 1.37. The minimum atomic E-state index is -3.94. The smallest absolute Gasteiger partial charge is 0.257 e. The highest BCUT2D eigenvalue weighted by Crippen LogP contribution is 2.34. The summed E-state index contributed by atoms with van der Waals surface area (Å²) in [5, 5.41) is 15.2. The van der Waals surface area contributed by atoms with E-state index in [1.165, 1.54) is 30.3 Å². The first-order chi connectivity index (χ1) is 16.8. The third kappa shape index (κ3) is 4.27. The molecule has 1 heterocycles. The molecule has 0 saturated carbocycles. The Morgan fingerprint density at radius 3 is 2.37 bits per heavy atom. The van der Waals surface area contributed by atoms with E-state index in [2.05, 4.69) is 10.6 Å². The molecular formula is C27H20N2O5S. The van der Waals surface area contributed by atoms with Crippen molar-refractivity contribution in [1.29, 1.82) is 0 Å². The summed E-state index contributed by atoms with van der Waals surface area (Å²) in [6.07, 6.45) is 0. The fourth-order valence-electron chi connectivity index (χ4n) is 4.03. The lowest BCUT2D eigenvalue weighted by Gasteiger charge is -2.11. The highest BCUT2D eigenvalue weighted by atomic mass is 32.2. The van der Waals surface area contributed by atoms with E-state index >= 15 is 0 Å². The van der Waals surface area contributed by atoms with E-state index in [0.29, 0.717) is 0 Å². The molecule has 174 valence electrons. The molecule has 7 nitrogen and oxygen atoms in total. The van der Waals surface area contributed by atoms with Crippen LogP contribution in [0.1, 0.15) is 26.3 Å². The number of carbonyl (C=O) groups is 2. The molecule has 0 fully saturated rings. The van der Waals surface area contributed by atoms with Crippen LogP contribution in [0.5, 0.6) is 5.75 Å². The summed E-state index contributed by atoms with van der Waals surface area (Å²) in [5.41, 5.74) is 2.92. The lowest BCUT2D eigenvalue weighted by molar-refractivity contribution is 0.0949. The molecule has 0 bridgehead atoms. The maximum atomic E-state index is 13.1. The number of phenolic OH excluding ortho intramolecular Hbond substituents is 1. The SMILES string of the molecule is O=C(NCc1cccc(-c2cccc(O)c2)c1)c1ccc2c(c1)NC(=O)c1ccccc1S2(=O)=O. The Morgan fingerprint density at radius 1 is 0.829 bits per heavy atom. The Kier molecular flexibility index (Phi) is 5.58. The number of nitrogens with one attached hydrogen (secondary N) is 2. The quantitative estimate of drug-likeness (QED) is 0.398. The minimum absolute atomic E-state index is 0.0568. The average molecular weight is 485 g/mol. The summed E-state index contributed by atoms with van der Waals surface area (Å²) in [7, 11) is -3.94. The van der Waals surface area contributed by atoms with Crippen LogP contribution in [0.25, 0.3) is 11.1 Å². The number of hydrogen-bond donors (Lipinski definition) is 3. The maximum absolute atomic E-state index is 13.1. The molecule has 3 N–H and O–H groups in total. The number of aromatic hydroxyl groups is 1. The molecule has 0 aromatic heterocycles. The van der Waals surface area contributed by atoms with Gasteiger partial charge < -0.3 is 15.7 Å². The normalized spacial score (nSPS) is 13.7. The van der Waals surface area contributed by atoms with Crippen molar-refractivity contribution in [2.45, 2.75) is 16.3 Å². The van der Waals surface area contributed by atoms with Gasteiger partial charge in [-0.15, -0.1) is 0 Å². The summed E-state index contributed by atoms with van der Waals surface area (Å²) in [6, 6.07) is 24.6. The molecule has 0 spiro atoms. The van der Waals surface area contributed by atoms with E-state index in [-0.39, 0.29) is 38.9 Å². The van der Waals surface area contributed by atoms with Gasteiger partial charge >= 0.3 is 0 Å². The van der Waals surface area contributed by atoms with E-state index in [9.17, 15) is 23.1 Å². The van der Waals surface area contributed by atoms with Gasteiger partial charge in [0, 0.05) is 12.1 Å². The van der Waals surface area contributed by atoms with Gasteiger partial charge in [0.15, 0.2) is 0 Å². The predicted octanol–water partition coefficient (Wildman–Crippen LogP) is 4.39. The number of fused-ring (bicyclic) bond motifs is 2. The number of amides is 2. The molecule has 4 aromatic rings. The second-order valence-corrected chi connectivity index (χ2v) is 9.98. The van der Waals surface area contributed by atoms with Crippen LogP contribution < -0.4 is 10.6 Å². The molecule has 1 aliphatic heterocycles. The van der Waals surface area contributed by atoms with E-state index in [1.807, 2.05) is 30.3 Å². The van der Waals surface area contributed by atoms with Crippen molar-refractivity contribution in [3.63, 3.8) is 0 Å². The molecule has 4 aromatic carbocycles. The number of anilines is 1. The van der Waals surface area contributed by atoms with Crippen molar-refractivity contribution in [2.75, 3.05) is 5.32 Å². The molecular weight excluding hydrogens is 464 g/mol. The first-order valence-corrected chi connectivity index (χ1v) is 12.3. The van der Waals surface area contributed by atoms with Gasteiger partial charge in [-0.25, -0.2) is 8.42 Å². The monoisotopic (exact) mass is 484 g/mol. The number of benzene rings is 4. The first kappa shape index (κ1) is 22.4. The number of carbonyl (C=O) groups excluding carboxylic acids is 2. The fourth-order valence-corrected chi connectivity index (χ4v) is 5.62. The molecule has 0 unspecified atom stereocenters. The van der Waals surface area contributed by atoms with Gasteiger partial charge in [0.05, 0.1) is 21.0 Å². The summed E-state index contributed by atoms with van der Waals surface area (Å²) >= 11 is 0. The van der Waals surface area contributed by atoms with E-state index < -0.39 is 21.7 Å². The Labute approximate surface area is 202 Å². The average Bonchev–Trinajstić information content (AvgIpc) is 2.95. The van der Waals surface area contributed by atoms with Gasteiger partial charge in [0.2, 0.25) is 9.84 Å². The molecule has 0 saturated heterocycles. The summed E-state index contributed by atoms with van der Waals surface area (Å²) in [5.74, 6) is -0.796. The number of sulfone groups is 1. The number of rotatable bonds is 4. The third-order valence-electron chi connectivity index (χ3n) is 5.76. The zero-order chi connectivity index (χ0) is 24.6. The van der Waals surface area contributed by atoms with Crippen LogP contribution in [-0.2, 0) is 16.4 Å². The van der Waals surface area contributed by atoms with Gasteiger partial charge in [-0.1, -0.05) is 42.5 Å². The minimum Gasteiger partial charge on any atom is -0.508 e. The van der Waals surface area contributed by atoms with Crippen LogP contribution in [0.15, 0.2) is 101 Å². The Hall–Kier alpha value is -4.43. The van der Waals surface area contributed by atoms with Crippen LogP contribution >= 0.6 is 0 Å². The van der Waals surface area contributed by atoms with Crippen molar-refractivity contribution >= 4 is 27.3 Å². The van der Waals surface area contributed by atoms with Gasteiger partial charge in [-0.2, -0.15) is 0 Å². The molecule has 0 radical (unpaired) electrons. The van der Waals surface area contributed by atoms with Gasteiger partial charge in [-0.05, 0) is 65.2 Å². The largest absolute Gasteiger partial charge is 0.508 e. The summed E-state index contributed by atoms with van der Waals surface area (Å²) < 4.78 is 26.2. The van der Waals surface area contributed by atoms with Crippen molar-refractivity contribution in [1.82, 2.24) is 5.32 Å². The summed E-state index contributed by atoms with van der Waals surface area (Å²) in [6.45, 7) is 0.235. The van der Waals surface area contributed by atoms with Crippen molar-refractivity contribution in [3.05, 3.63) is 108 Å². The predicted molar refractivity (Wildman–Crippen MR) is 131 cm³/mol. The number of phenols is 1. The van der Waals surface area contributed by atoms with Crippen LogP contribution in [0.3, 0.4) is 0 Å². The molecule has 2 amide bonds. The first-order valence-electron chi connectivity index (χ1n) is 10.8. The van der Waals surface area contributed by atoms with Crippen LogP contribution in [0.4, 0.5) is 5.69 Å². The highest BCUT2D eigenvalue weighted by molar-refractivity contribution is 7.91. The molecule has 35 heavy (non-hydrogen) atoms. The van der Waals surface area contributed by atoms with Gasteiger partial charge in [0.1, 0.15) is 5.75 Å². The molecule has 5 rings (SSSR count). The lowest BCUT2D eigenvalue weighted by Crippen LogP contribution is -2.23. The molecule has 8 heteroatoms. The third-order valence-corrected chi connectivity index (χ3v) is 7.63. The van der Waals surface area contributed by atoms with E-state index in [1.54, 1.807) is 30.3 Å². The fraction of sp³-hybridized carbons (Fsp3) is 0.0370. The molecule has 0 atom stereocenters. The second kappa shape index (κ2) is 8.73. The van der Waals surface area contributed by atoms with Crippen molar-refractivity contribution in [2.24, 2.45) is 0 Å². The highest BCUT2D eigenvalue weighted by Gasteiger charge is 2.31. The molecule has 0 aliphatic carbocycles. The Bertz CT molecular complexity index is 1590. The zero-order valence-corrected chi connectivity index (χ0v) is 19.2. The van der Waals surface area contributed by atoms with Gasteiger partial charge in [-0.3, -0.25) is 9.59 Å². The maximum Gasteiger partial charge on any atom is 0.257 e. The number of hydrogen-bond acceptors (Lipinski definition) is 5. The van der Waals surface area contributed by atoms with E-state index in [4.69, 9.17) is 0 Å². The van der Waals surface area contributed by atoms with Crippen LogP contribution in [0, 0.1) is 0 Å². The standard InChI is InChI=1S/C27H20N2O5S/c30-21-8-4-7-19(14-21)18-6-3-5-17(13-18)16-28-26(31)20-11-12-25-23(15-20)29-27(32)22-9-1-2-10-24(22)35(25,33)34/h1-15,30H,16H2,(H,28,31)(H,29,32).